The summed E-state index contributed by atoms with van der Waals surface area (Å²) < 4.78 is 81.2. The molecule has 2 atom stereocenters. The molecule has 1 aromatic heterocycles. The highest BCUT2D eigenvalue weighted by Gasteiger charge is 2.52. The molecule has 1 amide bonds. The second kappa shape index (κ2) is 11.7. The number of hydrogen-bond acceptors (Lipinski definition) is 6. The van der Waals surface area contributed by atoms with E-state index in [1.54, 1.807) is 24.3 Å². The predicted octanol–water partition coefficient (Wildman–Crippen LogP) is 4.99. The van der Waals surface area contributed by atoms with Crippen molar-refractivity contribution in [2.45, 2.75) is 76.9 Å². The average molecular weight is 607 g/mol. The molecule has 8 nitrogen and oxygen atoms in total. The van der Waals surface area contributed by atoms with Crippen LogP contribution in [0.4, 0.5) is 27.6 Å². The normalized spacial score (nSPS) is 17.5. The van der Waals surface area contributed by atoms with Gasteiger partial charge in [-0.05, 0) is 63.3 Å². The molecular formula is C29H31BF5N3O5. The number of halogens is 5. The number of nitrogens with zero attached hydrogens (tertiary/aromatic N) is 1. The van der Waals surface area contributed by atoms with Crippen molar-refractivity contribution in [3.63, 3.8) is 0 Å². The first-order chi connectivity index (χ1) is 19.9. The molecule has 14 heteroatoms. The summed E-state index contributed by atoms with van der Waals surface area (Å²) in [5.41, 5.74) is -1.38. The maximum absolute atomic E-state index is 14.8. The highest BCUT2D eigenvalue weighted by molar-refractivity contribution is 6.65. The van der Waals surface area contributed by atoms with E-state index in [4.69, 9.17) is 9.31 Å². The number of alkyl halides is 3. The lowest BCUT2D eigenvalue weighted by molar-refractivity contribution is -0.143. The van der Waals surface area contributed by atoms with Gasteiger partial charge in [0.15, 0.2) is 0 Å². The Bertz CT molecular complexity index is 1510. The third kappa shape index (κ3) is 6.59. The maximum Gasteiger partial charge on any atom is 0.495 e. The summed E-state index contributed by atoms with van der Waals surface area (Å²) in [6.07, 6.45) is -3.87. The van der Waals surface area contributed by atoms with Gasteiger partial charge < -0.3 is 25.0 Å². The van der Waals surface area contributed by atoms with Gasteiger partial charge in [-0.3, -0.25) is 9.78 Å². The van der Waals surface area contributed by atoms with E-state index in [2.05, 4.69) is 10.3 Å². The fraction of sp³-hybridized carbons (Fsp3) is 0.414. The molecule has 0 radical (unpaired) electrons. The van der Waals surface area contributed by atoms with Gasteiger partial charge in [0.1, 0.15) is 29.3 Å². The Hall–Kier alpha value is -3.78. The molecule has 1 aliphatic heterocycles. The molecule has 0 unspecified atom stereocenters. The highest BCUT2D eigenvalue weighted by atomic mass is 19.4. The standard InChI is InChI=1S/C29H31BF5N3O5/c1-6-22(29(33,34)35)37-16-13-19(31)23(20(32)14-16)25(39)38-21(26(40)41)12-15-9-10-18(17-8-7-11-36-24(15)17)30-42-27(2,3)28(4,5)43-30/h7-11,13-14,21-22,37H,6,12H2,1-5H3,(H,38,39)(H,40,41)/t21-,22+/m0/s1. The number of benzene rings is 2. The van der Waals surface area contributed by atoms with Crippen LogP contribution in [0.15, 0.2) is 42.6 Å². The molecule has 2 aromatic carbocycles. The van der Waals surface area contributed by atoms with Crippen LogP contribution < -0.4 is 16.1 Å². The number of fused-ring (bicyclic) bond motifs is 1. The smallest absolute Gasteiger partial charge is 0.480 e. The van der Waals surface area contributed by atoms with E-state index in [1.165, 1.54) is 13.1 Å². The van der Waals surface area contributed by atoms with Crippen molar-refractivity contribution in [1.29, 1.82) is 0 Å². The zero-order valence-electron chi connectivity index (χ0n) is 24.1. The van der Waals surface area contributed by atoms with E-state index >= 15 is 0 Å². The van der Waals surface area contributed by atoms with E-state index in [9.17, 15) is 36.6 Å². The van der Waals surface area contributed by atoms with Gasteiger partial charge in [-0.25, -0.2) is 13.6 Å². The minimum atomic E-state index is -4.67. The fourth-order valence-electron chi connectivity index (χ4n) is 4.73. The Kier molecular flexibility index (Phi) is 8.76. The third-order valence-electron chi connectivity index (χ3n) is 7.84. The molecule has 0 saturated carbocycles. The number of carboxylic acids is 1. The van der Waals surface area contributed by atoms with Crippen LogP contribution >= 0.6 is 0 Å². The Morgan fingerprint density at radius 3 is 2.19 bits per heavy atom. The van der Waals surface area contributed by atoms with Crippen molar-refractivity contribution in [1.82, 2.24) is 10.3 Å². The van der Waals surface area contributed by atoms with Gasteiger partial charge in [-0.15, -0.1) is 0 Å². The lowest BCUT2D eigenvalue weighted by Gasteiger charge is -2.32. The SMILES string of the molecule is CC[C@@H](Nc1cc(F)c(C(=O)N[C@@H](Cc2ccc(B3OC(C)(C)C(C)(C)O3)c3cccnc23)C(=O)O)c(F)c1)C(F)(F)F. The van der Waals surface area contributed by atoms with E-state index in [-0.39, 0.29) is 6.42 Å². The van der Waals surface area contributed by atoms with Crippen molar-refractivity contribution in [2.75, 3.05) is 5.32 Å². The summed E-state index contributed by atoms with van der Waals surface area (Å²) in [5.74, 6) is -5.79. The lowest BCUT2D eigenvalue weighted by Crippen LogP contribution is -2.43. The van der Waals surface area contributed by atoms with Crippen LogP contribution in [0.1, 0.15) is 57.0 Å². The van der Waals surface area contributed by atoms with Crippen LogP contribution in [0.5, 0.6) is 0 Å². The number of rotatable bonds is 9. The van der Waals surface area contributed by atoms with Crippen LogP contribution in [0.3, 0.4) is 0 Å². The summed E-state index contributed by atoms with van der Waals surface area (Å²) >= 11 is 0. The minimum absolute atomic E-state index is 0.301. The number of carbonyl (C=O) groups excluding carboxylic acids is 1. The number of aliphatic carboxylic acids is 1. The topological polar surface area (TPSA) is 110 Å². The number of hydrogen-bond donors (Lipinski definition) is 3. The van der Waals surface area contributed by atoms with E-state index < -0.39 is 77.8 Å². The van der Waals surface area contributed by atoms with Crippen molar-refractivity contribution >= 4 is 41.0 Å². The summed E-state index contributed by atoms with van der Waals surface area (Å²) in [7, 11) is -0.729. The molecule has 1 saturated heterocycles. The molecule has 43 heavy (non-hydrogen) atoms. The van der Waals surface area contributed by atoms with Crippen LogP contribution in [0, 0.1) is 11.6 Å². The molecule has 1 fully saturated rings. The van der Waals surface area contributed by atoms with Crippen LogP contribution in [-0.4, -0.2) is 58.5 Å². The Balaban J connectivity index is 1.59. The van der Waals surface area contributed by atoms with Crippen LogP contribution in [0.2, 0.25) is 0 Å². The molecule has 3 aromatic rings. The molecule has 0 spiro atoms. The number of carboxylic acid groups (broad SMARTS) is 1. The quantitative estimate of drug-likeness (QED) is 0.232. The maximum atomic E-state index is 14.8. The van der Waals surface area contributed by atoms with Crippen molar-refractivity contribution in [3.8, 4) is 0 Å². The first kappa shape index (κ1) is 32.1. The Labute approximate surface area is 245 Å². The van der Waals surface area contributed by atoms with Gasteiger partial charge in [-0.2, -0.15) is 13.2 Å². The molecule has 0 bridgehead atoms. The summed E-state index contributed by atoms with van der Waals surface area (Å²) in [5, 5.41) is 14.6. The Morgan fingerprint density at radius 1 is 1.05 bits per heavy atom. The highest BCUT2D eigenvalue weighted by Crippen LogP contribution is 2.37. The van der Waals surface area contributed by atoms with Gasteiger partial charge in [0.25, 0.3) is 5.91 Å². The van der Waals surface area contributed by atoms with Crippen LogP contribution in [0.25, 0.3) is 10.9 Å². The van der Waals surface area contributed by atoms with E-state index in [1.807, 2.05) is 33.0 Å². The monoisotopic (exact) mass is 607 g/mol. The third-order valence-corrected chi connectivity index (χ3v) is 7.84. The molecule has 1 aliphatic rings. The summed E-state index contributed by atoms with van der Waals surface area (Å²) in [4.78, 5) is 29.4. The average Bonchev–Trinajstić information content (AvgIpc) is 3.11. The number of nitrogens with one attached hydrogen (secondary N) is 2. The molecule has 0 aliphatic carbocycles. The number of anilines is 1. The van der Waals surface area contributed by atoms with Crippen LogP contribution in [-0.2, 0) is 20.5 Å². The number of carbonyl (C=O) groups is 2. The second-order valence-electron chi connectivity index (χ2n) is 11.3. The van der Waals surface area contributed by atoms with E-state index in [0.717, 1.165) is 0 Å². The first-order valence-corrected chi connectivity index (χ1v) is 13.5. The zero-order valence-corrected chi connectivity index (χ0v) is 24.1. The van der Waals surface area contributed by atoms with Gasteiger partial charge >= 0.3 is 19.3 Å². The minimum Gasteiger partial charge on any atom is -0.480 e. The molecule has 3 N–H and O–H groups in total. The molecule has 2 heterocycles. The van der Waals surface area contributed by atoms with Gasteiger partial charge in [0.05, 0.1) is 16.7 Å². The van der Waals surface area contributed by atoms with Gasteiger partial charge in [-0.1, -0.05) is 25.1 Å². The lowest BCUT2D eigenvalue weighted by atomic mass is 9.76. The molecule has 4 rings (SSSR count). The fourth-order valence-corrected chi connectivity index (χ4v) is 4.73. The van der Waals surface area contributed by atoms with Crippen molar-refractivity contribution < 1.29 is 46.0 Å². The number of amides is 1. The van der Waals surface area contributed by atoms with E-state index in [0.29, 0.717) is 34.1 Å². The summed E-state index contributed by atoms with van der Waals surface area (Å²) in [6.45, 7) is 8.87. The van der Waals surface area contributed by atoms with Gasteiger partial charge in [0.2, 0.25) is 0 Å². The Morgan fingerprint density at radius 2 is 1.65 bits per heavy atom. The number of aromatic nitrogens is 1. The number of pyridine rings is 1. The van der Waals surface area contributed by atoms with Crippen molar-refractivity contribution in [3.05, 3.63) is 65.4 Å². The molecular weight excluding hydrogens is 576 g/mol. The zero-order chi connectivity index (χ0) is 31.9. The summed E-state index contributed by atoms with van der Waals surface area (Å²) in [6, 6.07) is 4.18. The largest absolute Gasteiger partial charge is 0.495 e. The second-order valence-corrected chi connectivity index (χ2v) is 11.3. The van der Waals surface area contributed by atoms with Crippen molar-refractivity contribution in [2.24, 2.45) is 0 Å². The van der Waals surface area contributed by atoms with Gasteiger partial charge in [0, 0.05) is 23.7 Å². The first-order valence-electron chi connectivity index (χ1n) is 13.5. The predicted molar refractivity (Wildman–Crippen MR) is 150 cm³/mol. The molecule has 230 valence electrons.